The van der Waals surface area contributed by atoms with Crippen molar-refractivity contribution in [3.63, 3.8) is 0 Å². The second-order valence-corrected chi connectivity index (χ2v) is 2.64. The van der Waals surface area contributed by atoms with E-state index in [1.807, 2.05) is 13.8 Å². The number of carboxylic acids is 1. The van der Waals surface area contributed by atoms with Crippen molar-refractivity contribution in [3.8, 4) is 0 Å². The first-order chi connectivity index (χ1) is 6.13. The minimum Gasteiger partial charge on any atom is -0.478 e. The van der Waals surface area contributed by atoms with E-state index in [-0.39, 0.29) is 10.6 Å². The molecule has 0 radical (unpaired) electrons. The van der Waals surface area contributed by atoms with Crippen LogP contribution in [-0.4, -0.2) is 11.1 Å². The molecule has 0 saturated carbocycles. The highest BCUT2D eigenvalue weighted by molar-refractivity contribution is 6.33. The van der Waals surface area contributed by atoms with Crippen molar-refractivity contribution in [3.05, 3.63) is 34.3 Å². The third kappa shape index (κ3) is 3.07. The zero-order valence-corrected chi connectivity index (χ0v) is 8.72. The van der Waals surface area contributed by atoms with Crippen LogP contribution in [0, 0.1) is 6.92 Å². The van der Waals surface area contributed by atoms with Crippen molar-refractivity contribution >= 4 is 17.6 Å². The van der Waals surface area contributed by atoms with Crippen molar-refractivity contribution in [2.24, 2.45) is 0 Å². The van der Waals surface area contributed by atoms with E-state index in [0.29, 0.717) is 5.56 Å². The van der Waals surface area contributed by atoms with Crippen LogP contribution in [0.3, 0.4) is 0 Å². The van der Waals surface area contributed by atoms with Crippen LogP contribution in [0.1, 0.15) is 29.8 Å². The lowest BCUT2D eigenvalue weighted by Gasteiger charge is -2.00. The molecule has 13 heavy (non-hydrogen) atoms. The van der Waals surface area contributed by atoms with Crippen LogP contribution in [0.25, 0.3) is 0 Å². The fourth-order valence-electron chi connectivity index (χ4n) is 0.903. The molecule has 0 heterocycles. The molecule has 1 aromatic rings. The van der Waals surface area contributed by atoms with Gasteiger partial charge in [0.25, 0.3) is 0 Å². The van der Waals surface area contributed by atoms with E-state index < -0.39 is 5.97 Å². The number of benzene rings is 1. The monoisotopic (exact) mass is 200 g/mol. The average Bonchev–Trinajstić information content (AvgIpc) is 2.07. The van der Waals surface area contributed by atoms with E-state index in [1.165, 1.54) is 0 Å². The number of aryl methyl sites for hydroxylation is 1. The third-order valence-corrected chi connectivity index (χ3v) is 1.75. The van der Waals surface area contributed by atoms with Gasteiger partial charge in [-0.25, -0.2) is 4.79 Å². The molecular weight excluding hydrogens is 188 g/mol. The molecule has 1 aromatic carbocycles. The number of hydrogen-bond donors (Lipinski definition) is 1. The van der Waals surface area contributed by atoms with E-state index in [2.05, 4.69) is 0 Å². The summed E-state index contributed by atoms with van der Waals surface area (Å²) >= 11 is 5.64. The van der Waals surface area contributed by atoms with Crippen LogP contribution in [-0.2, 0) is 0 Å². The molecule has 0 fully saturated rings. The van der Waals surface area contributed by atoms with Crippen LogP contribution in [0.5, 0.6) is 0 Å². The molecule has 0 amide bonds. The van der Waals surface area contributed by atoms with Gasteiger partial charge in [0.1, 0.15) is 0 Å². The maximum atomic E-state index is 10.6. The normalized spacial score (nSPS) is 8.62. The van der Waals surface area contributed by atoms with Gasteiger partial charge in [-0.3, -0.25) is 0 Å². The van der Waals surface area contributed by atoms with Crippen LogP contribution in [0.2, 0.25) is 5.02 Å². The summed E-state index contributed by atoms with van der Waals surface area (Å²) in [4.78, 5) is 10.6. The molecule has 3 heteroatoms. The number of carboxylic acid groups (broad SMARTS) is 1. The number of hydrogen-bond acceptors (Lipinski definition) is 1. The molecule has 0 saturated heterocycles. The number of carbonyl (C=O) groups is 1. The Balaban J connectivity index is 0.000000671. The van der Waals surface area contributed by atoms with E-state index in [0.717, 1.165) is 0 Å². The summed E-state index contributed by atoms with van der Waals surface area (Å²) in [5.41, 5.74) is 0.874. The summed E-state index contributed by atoms with van der Waals surface area (Å²) in [6.45, 7) is 5.72. The summed E-state index contributed by atoms with van der Waals surface area (Å²) in [6, 6.07) is 5.01. The molecule has 72 valence electrons. The molecule has 0 aliphatic heterocycles. The summed E-state index contributed by atoms with van der Waals surface area (Å²) in [7, 11) is 0. The molecule has 1 rings (SSSR count). The Morgan fingerprint density at radius 1 is 1.38 bits per heavy atom. The fraction of sp³-hybridized carbons (Fsp3) is 0.300. The second-order valence-electron chi connectivity index (χ2n) is 2.24. The van der Waals surface area contributed by atoms with Crippen LogP contribution >= 0.6 is 11.6 Å². The minimum atomic E-state index is -0.979. The lowest BCUT2D eigenvalue weighted by Crippen LogP contribution is -1.99. The Labute approximate surface area is 83.2 Å². The van der Waals surface area contributed by atoms with Gasteiger partial charge in [-0.15, -0.1) is 0 Å². The molecule has 0 aromatic heterocycles. The van der Waals surface area contributed by atoms with Gasteiger partial charge >= 0.3 is 5.97 Å². The van der Waals surface area contributed by atoms with Gasteiger partial charge in [0.15, 0.2) is 0 Å². The third-order valence-electron chi connectivity index (χ3n) is 1.44. The fourth-order valence-corrected chi connectivity index (χ4v) is 1.21. The molecule has 0 spiro atoms. The zero-order chi connectivity index (χ0) is 10.4. The molecule has 0 aliphatic carbocycles. The maximum absolute atomic E-state index is 10.6. The predicted molar refractivity (Wildman–Crippen MR) is 54.5 cm³/mol. The molecule has 2 nitrogen and oxygen atoms in total. The van der Waals surface area contributed by atoms with Crippen molar-refractivity contribution in [1.82, 2.24) is 0 Å². The first kappa shape index (κ1) is 12.0. The van der Waals surface area contributed by atoms with E-state index in [4.69, 9.17) is 16.7 Å². The summed E-state index contributed by atoms with van der Waals surface area (Å²) in [5, 5.41) is 8.95. The van der Waals surface area contributed by atoms with Crippen LogP contribution < -0.4 is 0 Å². The molecule has 0 aliphatic rings. The Hall–Kier alpha value is -1.02. The lowest BCUT2D eigenvalue weighted by atomic mass is 10.1. The van der Waals surface area contributed by atoms with Gasteiger partial charge in [0.05, 0.1) is 10.6 Å². The first-order valence-electron chi connectivity index (χ1n) is 4.11. The highest BCUT2D eigenvalue weighted by Gasteiger charge is 2.09. The summed E-state index contributed by atoms with van der Waals surface area (Å²) in [5.74, 6) is -0.979. The Kier molecular flexibility index (Phi) is 5.16. The lowest BCUT2D eigenvalue weighted by molar-refractivity contribution is 0.0696. The van der Waals surface area contributed by atoms with Crippen molar-refractivity contribution in [1.29, 1.82) is 0 Å². The van der Waals surface area contributed by atoms with E-state index in [9.17, 15) is 4.79 Å². The van der Waals surface area contributed by atoms with Gasteiger partial charge < -0.3 is 5.11 Å². The van der Waals surface area contributed by atoms with Crippen molar-refractivity contribution in [2.45, 2.75) is 20.8 Å². The van der Waals surface area contributed by atoms with Crippen LogP contribution in [0.4, 0.5) is 0 Å². The SMILES string of the molecule is CC.Cc1cccc(Cl)c1C(=O)O. The van der Waals surface area contributed by atoms with Gasteiger partial charge in [-0.05, 0) is 18.6 Å². The largest absolute Gasteiger partial charge is 0.478 e. The quantitative estimate of drug-likeness (QED) is 0.755. The second kappa shape index (κ2) is 5.60. The van der Waals surface area contributed by atoms with Crippen molar-refractivity contribution in [2.75, 3.05) is 0 Å². The van der Waals surface area contributed by atoms with E-state index in [1.54, 1.807) is 25.1 Å². The Bertz CT molecular complexity index is 275. The maximum Gasteiger partial charge on any atom is 0.337 e. The predicted octanol–water partition coefficient (Wildman–Crippen LogP) is 3.37. The Morgan fingerprint density at radius 3 is 2.23 bits per heavy atom. The number of rotatable bonds is 1. The number of halogens is 1. The van der Waals surface area contributed by atoms with Crippen molar-refractivity contribution < 1.29 is 9.90 Å². The van der Waals surface area contributed by atoms with Gasteiger partial charge in [0, 0.05) is 0 Å². The standard InChI is InChI=1S/C8H7ClO2.C2H6/c1-5-3-2-4-6(9)7(5)8(10)11;1-2/h2-4H,1H3,(H,10,11);1-2H3. The van der Waals surface area contributed by atoms with Gasteiger partial charge in [-0.2, -0.15) is 0 Å². The Morgan fingerprint density at radius 2 is 1.92 bits per heavy atom. The number of aromatic carboxylic acids is 1. The first-order valence-corrected chi connectivity index (χ1v) is 4.49. The van der Waals surface area contributed by atoms with E-state index >= 15 is 0 Å². The highest BCUT2D eigenvalue weighted by atomic mass is 35.5. The van der Waals surface area contributed by atoms with Gasteiger partial charge in [-0.1, -0.05) is 37.6 Å². The summed E-state index contributed by atoms with van der Waals surface area (Å²) < 4.78 is 0. The smallest absolute Gasteiger partial charge is 0.337 e. The minimum absolute atomic E-state index is 0.189. The molecule has 0 unspecified atom stereocenters. The average molecular weight is 201 g/mol. The topological polar surface area (TPSA) is 37.3 Å². The van der Waals surface area contributed by atoms with Gasteiger partial charge in [0.2, 0.25) is 0 Å². The molecule has 0 bridgehead atoms. The molecular formula is C10H13ClO2. The molecule has 0 atom stereocenters. The highest BCUT2D eigenvalue weighted by Crippen LogP contribution is 2.18. The zero-order valence-electron chi connectivity index (χ0n) is 7.97. The summed E-state index contributed by atoms with van der Waals surface area (Å²) in [6.07, 6.45) is 0. The van der Waals surface area contributed by atoms with Crippen LogP contribution in [0.15, 0.2) is 18.2 Å². The molecule has 1 N–H and O–H groups in total.